The monoisotopic (exact) mass is 316 g/mol. The highest BCUT2D eigenvalue weighted by atomic mass is 16.3. The molecule has 0 rings (SSSR count). The highest BCUT2D eigenvalue weighted by Gasteiger charge is 2.23. The lowest BCUT2D eigenvalue weighted by atomic mass is 9.96. The number of rotatable bonds is 16. The van der Waals surface area contributed by atoms with E-state index in [0.29, 0.717) is 13.0 Å². The van der Waals surface area contributed by atoms with Crippen LogP contribution in [0.5, 0.6) is 0 Å². The summed E-state index contributed by atoms with van der Waals surface area (Å²) in [5, 5.41) is 28.0. The highest BCUT2D eigenvalue weighted by molar-refractivity contribution is 4.75. The standard InChI is InChI=1S/C19H40O3/c1-19(2,22)18(21)16-14-12-10-8-6-4-3-5-7-9-11-13-15-17-20/h18,20-22H,3-17H2,1-2H3. The largest absolute Gasteiger partial charge is 0.396 e. The molecule has 1 unspecified atom stereocenters. The van der Waals surface area contributed by atoms with Crippen LogP contribution in [0.4, 0.5) is 0 Å². The Bertz CT molecular complexity index is 223. The predicted octanol–water partition coefficient (Wildman–Crippen LogP) is 4.57. The molecule has 0 aromatic rings. The van der Waals surface area contributed by atoms with E-state index in [1.165, 1.54) is 64.2 Å². The average molecular weight is 317 g/mol. The highest BCUT2D eigenvalue weighted by Crippen LogP contribution is 2.17. The van der Waals surface area contributed by atoms with Gasteiger partial charge in [0.1, 0.15) is 0 Å². The van der Waals surface area contributed by atoms with E-state index in [4.69, 9.17) is 5.11 Å². The first-order valence-electron chi connectivity index (χ1n) is 9.49. The molecule has 0 saturated heterocycles. The molecular formula is C19H40O3. The maximum Gasteiger partial charge on any atom is 0.0849 e. The van der Waals surface area contributed by atoms with E-state index in [0.717, 1.165) is 19.3 Å². The minimum absolute atomic E-state index is 0.344. The van der Waals surface area contributed by atoms with Crippen LogP contribution in [-0.2, 0) is 0 Å². The van der Waals surface area contributed by atoms with Gasteiger partial charge in [0.05, 0.1) is 11.7 Å². The summed E-state index contributed by atoms with van der Waals surface area (Å²) >= 11 is 0. The average Bonchev–Trinajstić information content (AvgIpc) is 2.46. The van der Waals surface area contributed by atoms with Crippen molar-refractivity contribution >= 4 is 0 Å². The Kier molecular flexibility index (Phi) is 14.4. The van der Waals surface area contributed by atoms with E-state index in [1.807, 2.05) is 0 Å². The molecule has 0 radical (unpaired) electrons. The summed E-state index contributed by atoms with van der Waals surface area (Å²) in [4.78, 5) is 0. The van der Waals surface area contributed by atoms with Crippen LogP contribution in [0.3, 0.4) is 0 Å². The SMILES string of the molecule is CC(C)(O)C(O)CCCCCCCCCCCCCCCO. The second kappa shape index (κ2) is 14.5. The van der Waals surface area contributed by atoms with Crippen molar-refractivity contribution in [3.8, 4) is 0 Å². The van der Waals surface area contributed by atoms with Crippen LogP contribution in [0.15, 0.2) is 0 Å². The van der Waals surface area contributed by atoms with E-state index in [-0.39, 0.29) is 0 Å². The van der Waals surface area contributed by atoms with Gasteiger partial charge in [0.2, 0.25) is 0 Å². The fraction of sp³-hybridized carbons (Fsp3) is 1.00. The van der Waals surface area contributed by atoms with E-state index >= 15 is 0 Å². The number of unbranched alkanes of at least 4 members (excludes halogenated alkanes) is 12. The minimum atomic E-state index is -0.960. The number of hydrogen-bond acceptors (Lipinski definition) is 3. The zero-order valence-electron chi connectivity index (χ0n) is 15.0. The third kappa shape index (κ3) is 14.8. The van der Waals surface area contributed by atoms with Crippen molar-refractivity contribution in [2.24, 2.45) is 0 Å². The molecule has 0 fully saturated rings. The molecule has 3 N–H and O–H groups in total. The molecule has 0 aliphatic rings. The summed E-state index contributed by atoms with van der Waals surface area (Å²) in [7, 11) is 0. The van der Waals surface area contributed by atoms with Crippen molar-refractivity contribution < 1.29 is 15.3 Å². The fourth-order valence-electron chi connectivity index (χ4n) is 2.75. The molecule has 0 aromatic carbocycles. The zero-order chi connectivity index (χ0) is 16.7. The summed E-state index contributed by atoms with van der Waals surface area (Å²) in [6.07, 6.45) is 16.3. The molecule has 134 valence electrons. The van der Waals surface area contributed by atoms with Crippen LogP contribution in [-0.4, -0.2) is 33.6 Å². The number of aliphatic hydroxyl groups excluding tert-OH is 2. The van der Waals surface area contributed by atoms with Gasteiger partial charge in [-0.2, -0.15) is 0 Å². The Hall–Kier alpha value is -0.120. The Morgan fingerprint density at radius 2 is 0.955 bits per heavy atom. The van der Waals surface area contributed by atoms with Gasteiger partial charge in [-0.1, -0.05) is 77.0 Å². The first-order valence-corrected chi connectivity index (χ1v) is 9.49. The maximum absolute atomic E-state index is 9.71. The van der Waals surface area contributed by atoms with Crippen LogP contribution >= 0.6 is 0 Å². The topological polar surface area (TPSA) is 60.7 Å². The molecule has 0 heterocycles. The normalized spacial score (nSPS) is 13.5. The van der Waals surface area contributed by atoms with E-state index in [1.54, 1.807) is 13.8 Å². The van der Waals surface area contributed by atoms with Gasteiger partial charge in [0.25, 0.3) is 0 Å². The minimum Gasteiger partial charge on any atom is -0.396 e. The quantitative estimate of drug-likeness (QED) is 0.365. The summed E-state index contributed by atoms with van der Waals surface area (Å²) in [5.74, 6) is 0. The van der Waals surface area contributed by atoms with Crippen molar-refractivity contribution in [1.82, 2.24) is 0 Å². The predicted molar refractivity (Wildman–Crippen MR) is 94.0 cm³/mol. The molecule has 0 bridgehead atoms. The van der Waals surface area contributed by atoms with Crippen molar-refractivity contribution in [3.05, 3.63) is 0 Å². The molecule has 0 saturated carbocycles. The van der Waals surface area contributed by atoms with Gasteiger partial charge >= 0.3 is 0 Å². The van der Waals surface area contributed by atoms with Gasteiger partial charge in [-0.05, 0) is 26.7 Å². The third-order valence-electron chi connectivity index (χ3n) is 4.45. The zero-order valence-corrected chi connectivity index (χ0v) is 15.0. The lowest BCUT2D eigenvalue weighted by Crippen LogP contribution is -2.35. The summed E-state index contributed by atoms with van der Waals surface area (Å²) in [5.41, 5.74) is -0.960. The summed E-state index contributed by atoms with van der Waals surface area (Å²) in [6.45, 7) is 3.69. The molecule has 1 atom stereocenters. The van der Waals surface area contributed by atoms with Crippen molar-refractivity contribution in [1.29, 1.82) is 0 Å². The van der Waals surface area contributed by atoms with E-state index < -0.39 is 11.7 Å². The van der Waals surface area contributed by atoms with Crippen molar-refractivity contribution in [2.45, 2.75) is 115 Å². The summed E-state index contributed by atoms with van der Waals surface area (Å²) < 4.78 is 0. The van der Waals surface area contributed by atoms with Crippen LogP contribution < -0.4 is 0 Å². The Morgan fingerprint density at radius 3 is 1.27 bits per heavy atom. The van der Waals surface area contributed by atoms with Gasteiger partial charge in [0.15, 0.2) is 0 Å². The van der Waals surface area contributed by atoms with Gasteiger partial charge < -0.3 is 15.3 Å². The molecule has 22 heavy (non-hydrogen) atoms. The van der Waals surface area contributed by atoms with Gasteiger partial charge in [-0.15, -0.1) is 0 Å². The Morgan fingerprint density at radius 1 is 0.636 bits per heavy atom. The molecule has 0 aliphatic heterocycles. The lowest BCUT2D eigenvalue weighted by Gasteiger charge is -2.24. The first-order chi connectivity index (χ1) is 10.5. The van der Waals surface area contributed by atoms with Crippen molar-refractivity contribution in [3.63, 3.8) is 0 Å². The molecule has 3 heteroatoms. The van der Waals surface area contributed by atoms with Crippen LogP contribution in [0.1, 0.15) is 104 Å². The number of aliphatic hydroxyl groups is 3. The molecule has 0 aliphatic carbocycles. The fourth-order valence-corrected chi connectivity index (χ4v) is 2.75. The van der Waals surface area contributed by atoms with Gasteiger partial charge in [0, 0.05) is 6.61 Å². The molecule has 0 spiro atoms. The second-order valence-electron chi connectivity index (χ2n) is 7.28. The van der Waals surface area contributed by atoms with E-state index in [2.05, 4.69) is 0 Å². The van der Waals surface area contributed by atoms with Crippen LogP contribution in [0.25, 0.3) is 0 Å². The molecule has 0 aromatic heterocycles. The van der Waals surface area contributed by atoms with Gasteiger partial charge in [-0.3, -0.25) is 0 Å². The third-order valence-corrected chi connectivity index (χ3v) is 4.45. The first kappa shape index (κ1) is 21.9. The Balaban J connectivity index is 3.12. The van der Waals surface area contributed by atoms with Crippen LogP contribution in [0.2, 0.25) is 0 Å². The lowest BCUT2D eigenvalue weighted by molar-refractivity contribution is -0.0522. The molecular weight excluding hydrogens is 276 g/mol. The van der Waals surface area contributed by atoms with Crippen molar-refractivity contribution in [2.75, 3.05) is 6.61 Å². The maximum atomic E-state index is 9.71. The number of hydrogen-bond donors (Lipinski definition) is 3. The van der Waals surface area contributed by atoms with E-state index in [9.17, 15) is 10.2 Å². The second-order valence-corrected chi connectivity index (χ2v) is 7.28. The molecule has 0 amide bonds. The smallest absolute Gasteiger partial charge is 0.0849 e. The molecule has 3 nitrogen and oxygen atoms in total. The summed E-state index contributed by atoms with van der Waals surface area (Å²) in [6, 6.07) is 0. The Labute approximate surface area is 138 Å². The van der Waals surface area contributed by atoms with Crippen LogP contribution in [0, 0.1) is 0 Å². The van der Waals surface area contributed by atoms with Gasteiger partial charge in [-0.25, -0.2) is 0 Å².